The van der Waals surface area contributed by atoms with Gasteiger partial charge < -0.3 is 15.0 Å². The van der Waals surface area contributed by atoms with Crippen LogP contribution in [0, 0.1) is 5.82 Å². The number of nitrogens with zero attached hydrogens (tertiary/aromatic N) is 1. The first kappa shape index (κ1) is 21.2. The van der Waals surface area contributed by atoms with Crippen LogP contribution in [-0.4, -0.2) is 30.4 Å². The van der Waals surface area contributed by atoms with E-state index in [2.05, 4.69) is 5.32 Å². The maximum atomic E-state index is 13.0. The third kappa shape index (κ3) is 6.52. The average Bonchev–Trinajstić information content (AvgIpc) is 3.07. The molecule has 1 amide bonds. The summed E-state index contributed by atoms with van der Waals surface area (Å²) in [6.45, 7) is 3.71. The molecule has 0 unspecified atom stereocenters. The van der Waals surface area contributed by atoms with Crippen LogP contribution in [0.3, 0.4) is 0 Å². The fourth-order valence-electron chi connectivity index (χ4n) is 3.09. The molecule has 2 aromatic carbocycles. The van der Waals surface area contributed by atoms with Gasteiger partial charge in [-0.2, -0.15) is 0 Å². The highest BCUT2D eigenvalue weighted by Crippen LogP contribution is 2.19. The fourth-order valence-corrected chi connectivity index (χ4v) is 3.09. The van der Waals surface area contributed by atoms with E-state index in [1.807, 2.05) is 29.2 Å². The molecule has 1 saturated heterocycles. The number of benzene rings is 2. The predicted octanol–water partition coefficient (Wildman–Crippen LogP) is 3.93. The molecule has 0 saturated carbocycles. The van der Waals surface area contributed by atoms with Crippen LogP contribution in [-0.2, 0) is 17.9 Å². The van der Waals surface area contributed by atoms with Gasteiger partial charge in [0.1, 0.15) is 18.2 Å². The van der Waals surface area contributed by atoms with Gasteiger partial charge in [0.25, 0.3) is 0 Å². The van der Waals surface area contributed by atoms with Gasteiger partial charge in [-0.25, -0.2) is 4.39 Å². The summed E-state index contributed by atoms with van der Waals surface area (Å²) in [5.74, 6) is 0.873. The number of likely N-dealkylation sites (tertiary alicyclic amines) is 1. The van der Waals surface area contributed by atoms with E-state index < -0.39 is 0 Å². The van der Waals surface area contributed by atoms with E-state index in [4.69, 9.17) is 4.74 Å². The molecule has 146 valence electrons. The van der Waals surface area contributed by atoms with Crippen LogP contribution < -0.4 is 10.1 Å². The number of carbonyl (C=O) groups is 1. The largest absolute Gasteiger partial charge is 0.489 e. The molecule has 0 radical (unpaired) electrons. The van der Waals surface area contributed by atoms with Crippen molar-refractivity contribution in [2.75, 3.05) is 19.6 Å². The van der Waals surface area contributed by atoms with Crippen LogP contribution >= 0.6 is 12.4 Å². The molecule has 0 aliphatic carbocycles. The summed E-state index contributed by atoms with van der Waals surface area (Å²) in [5.41, 5.74) is 2.02. The van der Waals surface area contributed by atoms with Crippen LogP contribution in [0.15, 0.2) is 48.5 Å². The number of hydrogen-bond acceptors (Lipinski definition) is 3. The van der Waals surface area contributed by atoms with Gasteiger partial charge in [0.05, 0.1) is 0 Å². The molecule has 27 heavy (non-hydrogen) atoms. The number of carbonyl (C=O) groups excluding carboxylic acids is 1. The Kier molecular flexibility index (Phi) is 8.55. The van der Waals surface area contributed by atoms with Crippen molar-refractivity contribution >= 4 is 18.3 Å². The lowest BCUT2D eigenvalue weighted by Crippen LogP contribution is -2.28. The molecule has 0 spiro atoms. The summed E-state index contributed by atoms with van der Waals surface area (Å²) in [6, 6.07) is 14.3. The summed E-state index contributed by atoms with van der Waals surface area (Å²) in [5, 5.41) is 3.42. The summed E-state index contributed by atoms with van der Waals surface area (Å²) >= 11 is 0. The Hall–Kier alpha value is -2.11. The molecular weight excluding hydrogens is 367 g/mol. The first-order chi connectivity index (χ1) is 12.7. The summed E-state index contributed by atoms with van der Waals surface area (Å²) in [6.07, 6.45) is 2.64. The second kappa shape index (κ2) is 10.9. The monoisotopic (exact) mass is 392 g/mol. The zero-order valence-corrected chi connectivity index (χ0v) is 16.1. The molecule has 2 aromatic rings. The van der Waals surface area contributed by atoms with Gasteiger partial charge >= 0.3 is 0 Å². The van der Waals surface area contributed by atoms with Crippen LogP contribution in [0.1, 0.15) is 30.4 Å². The highest BCUT2D eigenvalue weighted by atomic mass is 35.5. The number of rotatable bonds is 9. The van der Waals surface area contributed by atoms with Crippen molar-refractivity contribution in [3.8, 4) is 5.75 Å². The average molecular weight is 393 g/mol. The predicted molar refractivity (Wildman–Crippen MR) is 107 cm³/mol. The molecule has 1 aliphatic heterocycles. The van der Waals surface area contributed by atoms with E-state index in [9.17, 15) is 9.18 Å². The van der Waals surface area contributed by atoms with Gasteiger partial charge in [0.2, 0.25) is 5.91 Å². The van der Waals surface area contributed by atoms with Crippen LogP contribution in [0.4, 0.5) is 4.39 Å². The molecule has 1 heterocycles. The minimum absolute atomic E-state index is 0. The van der Waals surface area contributed by atoms with Crippen LogP contribution in [0.25, 0.3) is 0 Å². The summed E-state index contributed by atoms with van der Waals surface area (Å²) in [4.78, 5) is 13.5. The molecule has 0 atom stereocenters. The molecule has 1 N–H and O–H groups in total. The lowest BCUT2D eigenvalue weighted by atomic mass is 10.2. The van der Waals surface area contributed by atoms with Crippen LogP contribution in [0.5, 0.6) is 5.75 Å². The molecule has 0 bridgehead atoms. The van der Waals surface area contributed by atoms with Crippen molar-refractivity contribution < 1.29 is 13.9 Å². The minimum atomic E-state index is -0.242. The first-order valence-corrected chi connectivity index (χ1v) is 9.16. The lowest BCUT2D eigenvalue weighted by Gasteiger charge is -2.16. The Balaban J connectivity index is 0.00000261. The topological polar surface area (TPSA) is 41.6 Å². The van der Waals surface area contributed by atoms with Crippen molar-refractivity contribution in [1.82, 2.24) is 10.2 Å². The van der Waals surface area contributed by atoms with Gasteiger partial charge in [-0.15, -0.1) is 12.4 Å². The molecule has 4 nitrogen and oxygen atoms in total. The van der Waals surface area contributed by atoms with E-state index in [-0.39, 0.29) is 24.1 Å². The number of amides is 1. The Bertz CT molecular complexity index is 724. The van der Waals surface area contributed by atoms with Crippen molar-refractivity contribution in [2.45, 2.75) is 32.4 Å². The zero-order chi connectivity index (χ0) is 18.2. The van der Waals surface area contributed by atoms with Gasteiger partial charge in [-0.3, -0.25) is 4.79 Å². The normalized spacial score (nSPS) is 13.5. The lowest BCUT2D eigenvalue weighted by molar-refractivity contribution is -0.127. The Morgan fingerprint density at radius 3 is 2.63 bits per heavy atom. The minimum Gasteiger partial charge on any atom is -0.489 e. The van der Waals surface area contributed by atoms with E-state index in [1.165, 1.54) is 12.1 Å². The van der Waals surface area contributed by atoms with E-state index in [0.717, 1.165) is 49.4 Å². The van der Waals surface area contributed by atoms with Crippen molar-refractivity contribution in [1.29, 1.82) is 0 Å². The van der Waals surface area contributed by atoms with Gasteiger partial charge in [0, 0.05) is 31.6 Å². The number of hydrogen-bond donors (Lipinski definition) is 1. The molecule has 3 rings (SSSR count). The number of nitrogens with one attached hydrogen (secondary N) is 1. The quantitative estimate of drug-likeness (QED) is 0.657. The van der Waals surface area contributed by atoms with Gasteiger partial charge in [-0.1, -0.05) is 30.3 Å². The highest BCUT2D eigenvalue weighted by molar-refractivity contribution is 5.85. The molecule has 0 aromatic heterocycles. The number of halogens is 2. The van der Waals surface area contributed by atoms with Crippen molar-refractivity contribution in [2.24, 2.45) is 0 Å². The second-order valence-electron chi connectivity index (χ2n) is 6.54. The zero-order valence-electron chi connectivity index (χ0n) is 15.3. The van der Waals surface area contributed by atoms with Crippen molar-refractivity contribution in [3.63, 3.8) is 0 Å². The second-order valence-corrected chi connectivity index (χ2v) is 6.54. The van der Waals surface area contributed by atoms with Crippen LogP contribution in [0.2, 0.25) is 0 Å². The van der Waals surface area contributed by atoms with Crippen molar-refractivity contribution in [3.05, 3.63) is 65.5 Å². The fraction of sp³-hybridized carbons (Fsp3) is 0.381. The van der Waals surface area contributed by atoms with E-state index in [0.29, 0.717) is 19.6 Å². The van der Waals surface area contributed by atoms with E-state index in [1.54, 1.807) is 12.1 Å². The molecular formula is C21H26ClFN2O2. The molecule has 1 aliphatic rings. The number of para-hydroxylation sites is 1. The maximum Gasteiger partial charge on any atom is 0.222 e. The Morgan fingerprint density at radius 1 is 1.11 bits per heavy atom. The summed E-state index contributed by atoms with van der Waals surface area (Å²) in [7, 11) is 0. The summed E-state index contributed by atoms with van der Waals surface area (Å²) < 4.78 is 18.9. The van der Waals surface area contributed by atoms with Gasteiger partial charge in [0.15, 0.2) is 0 Å². The smallest absolute Gasteiger partial charge is 0.222 e. The standard InChI is InChI=1S/C21H25FN2O2.ClH/c22-19-10-8-17(9-11-19)16-26-20-6-2-1-5-18(20)15-23-12-4-14-24-13-3-7-21(24)25;/h1-2,5-6,8-11,23H,3-4,7,12-16H2;1H. The molecule has 6 heteroatoms. The number of ether oxygens (including phenoxy) is 1. The SMILES string of the molecule is Cl.O=C1CCCN1CCCNCc1ccccc1OCc1ccc(F)cc1. The van der Waals surface area contributed by atoms with E-state index >= 15 is 0 Å². The van der Waals surface area contributed by atoms with Gasteiger partial charge in [-0.05, 0) is 43.1 Å². The Labute approximate surface area is 166 Å². The Morgan fingerprint density at radius 2 is 1.89 bits per heavy atom. The first-order valence-electron chi connectivity index (χ1n) is 9.16. The third-order valence-electron chi connectivity index (χ3n) is 4.55. The highest BCUT2D eigenvalue weighted by Gasteiger charge is 2.18. The third-order valence-corrected chi connectivity index (χ3v) is 4.55. The molecule has 1 fully saturated rings. The maximum absolute atomic E-state index is 13.0.